The summed E-state index contributed by atoms with van der Waals surface area (Å²) in [6, 6.07) is 12.7. The summed E-state index contributed by atoms with van der Waals surface area (Å²) >= 11 is 0. The Morgan fingerprint density at radius 2 is 2.00 bits per heavy atom. The summed E-state index contributed by atoms with van der Waals surface area (Å²) in [5, 5.41) is 4.75. The van der Waals surface area contributed by atoms with Gasteiger partial charge in [0.15, 0.2) is 0 Å². The summed E-state index contributed by atoms with van der Waals surface area (Å²) in [6.45, 7) is 5.10. The van der Waals surface area contributed by atoms with Gasteiger partial charge in [-0.3, -0.25) is 9.97 Å². The van der Waals surface area contributed by atoms with Gasteiger partial charge in [-0.15, -0.1) is 0 Å². The van der Waals surface area contributed by atoms with Crippen molar-refractivity contribution in [2.45, 2.75) is 19.9 Å². The van der Waals surface area contributed by atoms with Crippen molar-refractivity contribution in [3.8, 4) is 0 Å². The van der Waals surface area contributed by atoms with Crippen LogP contribution in [0, 0.1) is 6.92 Å². The number of nitrogens with one attached hydrogen (secondary N) is 1. The van der Waals surface area contributed by atoms with E-state index in [4.69, 9.17) is 0 Å². The molecule has 3 heteroatoms. The molecule has 1 aromatic carbocycles. The summed E-state index contributed by atoms with van der Waals surface area (Å²) in [5.41, 5.74) is 4.63. The fraction of sp³-hybridized carbons (Fsp3) is 0.222. The van der Waals surface area contributed by atoms with Gasteiger partial charge in [0.2, 0.25) is 0 Å². The van der Waals surface area contributed by atoms with E-state index < -0.39 is 0 Å². The van der Waals surface area contributed by atoms with Crippen LogP contribution in [0.4, 0.5) is 0 Å². The molecule has 1 atom stereocenters. The van der Waals surface area contributed by atoms with Gasteiger partial charge in [0.05, 0.1) is 11.6 Å². The van der Waals surface area contributed by atoms with E-state index in [1.807, 2.05) is 24.7 Å². The molecule has 1 N–H and O–H groups in total. The van der Waals surface area contributed by atoms with Crippen LogP contribution in [0.25, 0.3) is 10.9 Å². The number of benzene rings is 1. The Balaban J connectivity index is 2.16. The monoisotopic (exact) mass is 277 g/mol. The maximum Gasteiger partial charge on any atom is 0.0705 e. The zero-order valence-corrected chi connectivity index (χ0v) is 12.4. The molecule has 0 aliphatic carbocycles. The molecule has 0 aliphatic heterocycles. The lowest BCUT2D eigenvalue weighted by molar-refractivity contribution is 0.631. The number of pyridine rings is 2. The van der Waals surface area contributed by atoms with Gasteiger partial charge in [0, 0.05) is 24.0 Å². The summed E-state index contributed by atoms with van der Waals surface area (Å²) in [6.07, 6.45) is 5.71. The number of para-hydroxylation sites is 1. The standard InChI is InChI=1S/C18H19N3/c1-3-20-18(14-10-13(2)11-19-12-14)16-8-9-21-17-7-5-4-6-15(16)17/h4-12,18,20H,3H2,1-2H3. The van der Waals surface area contributed by atoms with Gasteiger partial charge in [-0.2, -0.15) is 0 Å². The van der Waals surface area contributed by atoms with E-state index in [0.29, 0.717) is 0 Å². The smallest absolute Gasteiger partial charge is 0.0705 e. The second-order valence-corrected chi connectivity index (χ2v) is 5.20. The minimum atomic E-state index is 0.135. The maximum atomic E-state index is 4.45. The number of aryl methyl sites for hydroxylation is 1. The van der Waals surface area contributed by atoms with Crippen molar-refractivity contribution in [1.82, 2.24) is 15.3 Å². The van der Waals surface area contributed by atoms with Crippen LogP contribution < -0.4 is 5.32 Å². The highest BCUT2D eigenvalue weighted by atomic mass is 14.9. The maximum absolute atomic E-state index is 4.45. The van der Waals surface area contributed by atoms with E-state index in [2.05, 4.69) is 59.5 Å². The molecule has 106 valence electrons. The van der Waals surface area contributed by atoms with Crippen LogP contribution in [0.15, 0.2) is 55.0 Å². The first-order chi connectivity index (χ1) is 10.3. The molecule has 3 aromatic rings. The Kier molecular flexibility index (Phi) is 3.93. The third kappa shape index (κ3) is 2.78. The van der Waals surface area contributed by atoms with Crippen molar-refractivity contribution in [3.05, 3.63) is 71.7 Å². The molecule has 1 unspecified atom stereocenters. The molecule has 0 spiro atoms. The molecule has 0 saturated heterocycles. The molecule has 0 amide bonds. The number of aromatic nitrogens is 2. The highest BCUT2D eigenvalue weighted by Gasteiger charge is 2.16. The number of nitrogens with zero attached hydrogens (tertiary/aromatic N) is 2. The average molecular weight is 277 g/mol. The second kappa shape index (κ2) is 6.02. The summed E-state index contributed by atoms with van der Waals surface area (Å²) in [4.78, 5) is 8.79. The third-order valence-corrected chi connectivity index (χ3v) is 3.63. The van der Waals surface area contributed by atoms with Gasteiger partial charge >= 0.3 is 0 Å². The molecule has 3 nitrogen and oxygen atoms in total. The van der Waals surface area contributed by atoms with Gasteiger partial charge in [-0.05, 0) is 42.3 Å². The molecule has 2 aromatic heterocycles. The normalized spacial score (nSPS) is 12.5. The zero-order chi connectivity index (χ0) is 14.7. The summed E-state index contributed by atoms with van der Waals surface area (Å²) < 4.78 is 0. The number of rotatable bonds is 4. The molecule has 0 radical (unpaired) electrons. The first kappa shape index (κ1) is 13.7. The lowest BCUT2D eigenvalue weighted by atomic mass is 9.96. The SMILES string of the molecule is CCNC(c1cncc(C)c1)c1ccnc2ccccc12. The molecule has 0 aliphatic rings. The Morgan fingerprint density at radius 1 is 1.14 bits per heavy atom. The summed E-state index contributed by atoms with van der Waals surface area (Å²) in [5.74, 6) is 0. The van der Waals surface area contributed by atoms with Gasteiger partial charge in [-0.25, -0.2) is 0 Å². The quantitative estimate of drug-likeness (QED) is 0.791. The van der Waals surface area contributed by atoms with Crippen molar-refractivity contribution in [2.75, 3.05) is 6.54 Å². The third-order valence-electron chi connectivity index (χ3n) is 3.63. The molecule has 0 bridgehead atoms. The molecule has 2 heterocycles. The van der Waals surface area contributed by atoms with Gasteiger partial charge in [-0.1, -0.05) is 31.2 Å². The van der Waals surface area contributed by atoms with Crippen LogP contribution in [-0.2, 0) is 0 Å². The Hall–Kier alpha value is -2.26. The molecule has 21 heavy (non-hydrogen) atoms. The fourth-order valence-corrected chi connectivity index (χ4v) is 2.72. The first-order valence-electron chi connectivity index (χ1n) is 7.28. The summed E-state index contributed by atoms with van der Waals surface area (Å²) in [7, 11) is 0. The minimum absolute atomic E-state index is 0.135. The van der Waals surface area contributed by atoms with E-state index in [9.17, 15) is 0 Å². The number of fused-ring (bicyclic) bond motifs is 1. The lowest BCUT2D eigenvalue weighted by Crippen LogP contribution is -2.22. The fourth-order valence-electron chi connectivity index (χ4n) is 2.72. The van der Waals surface area contributed by atoms with Crippen molar-refractivity contribution < 1.29 is 0 Å². The first-order valence-corrected chi connectivity index (χ1v) is 7.28. The van der Waals surface area contributed by atoms with E-state index in [-0.39, 0.29) is 6.04 Å². The van der Waals surface area contributed by atoms with Gasteiger partial charge < -0.3 is 5.32 Å². The van der Waals surface area contributed by atoms with Crippen LogP contribution in [0.2, 0.25) is 0 Å². The van der Waals surface area contributed by atoms with Crippen molar-refractivity contribution in [2.24, 2.45) is 0 Å². The highest BCUT2D eigenvalue weighted by Crippen LogP contribution is 2.27. The average Bonchev–Trinajstić information content (AvgIpc) is 2.52. The van der Waals surface area contributed by atoms with Crippen molar-refractivity contribution in [1.29, 1.82) is 0 Å². The van der Waals surface area contributed by atoms with Crippen LogP contribution in [0.3, 0.4) is 0 Å². The van der Waals surface area contributed by atoms with E-state index >= 15 is 0 Å². The second-order valence-electron chi connectivity index (χ2n) is 5.20. The lowest BCUT2D eigenvalue weighted by Gasteiger charge is -2.20. The van der Waals surface area contributed by atoms with E-state index in [0.717, 1.165) is 12.1 Å². The molecule has 0 saturated carbocycles. The van der Waals surface area contributed by atoms with Gasteiger partial charge in [0.1, 0.15) is 0 Å². The van der Waals surface area contributed by atoms with Crippen LogP contribution in [0.5, 0.6) is 0 Å². The van der Waals surface area contributed by atoms with Crippen molar-refractivity contribution >= 4 is 10.9 Å². The predicted molar refractivity (Wildman–Crippen MR) is 86.2 cm³/mol. The Labute approximate surface area is 125 Å². The molecular formula is C18H19N3. The number of hydrogen-bond acceptors (Lipinski definition) is 3. The molecular weight excluding hydrogens is 258 g/mol. The minimum Gasteiger partial charge on any atom is -0.306 e. The molecule has 3 rings (SSSR count). The largest absolute Gasteiger partial charge is 0.306 e. The number of hydrogen-bond donors (Lipinski definition) is 1. The van der Waals surface area contributed by atoms with E-state index in [1.165, 1.54) is 22.1 Å². The van der Waals surface area contributed by atoms with E-state index in [1.54, 1.807) is 0 Å². The van der Waals surface area contributed by atoms with Gasteiger partial charge in [0.25, 0.3) is 0 Å². The Morgan fingerprint density at radius 3 is 2.81 bits per heavy atom. The predicted octanol–water partition coefficient (Wildman–Crippen LogP) is 3.64. The van der Waals surface area contributed by atoms with Crippen LogP contribution in [0.1, 0.15) is 29.7 Å². The van der Waals surface area contributed by atoms with Crippen molar-refractivity contribution in [3.63, 3.8) is 0 Å². The topological polar surface area (TPSA) is 37.8 Å². The zero-order valence-electron chi connectivity index (χ0n) is 12.4. The van der Waals surface area contributed by atoms with Crippen LogP contribution in [-0.4, -0.2) is 16.5 Å². The Bertz CT molecular complexity index is 747. The van der Waals surface area contributed by atoms with Crippen LogP contribution >= 0.6 is 0 Å². The highest BCUT2D eigenvalue weighted by molar-refractivity contribution is 5.82. The molecule has 0 fully saturated rings.